The Hall–Kier alpha value is -3.20. The molecule has 144 valence electrons. The fourth-order valence-corrected chi connectivity index (χ4v) is 3.36. The number of nitrogens with zero attached hydrogens (tertiary/aromatic N) is 2. The second-order valence-corrected chi connectivity index (χ2v) is 6.86. The SMILES string of the molecule is N#C/C(=C/Nc1cc(F)ccc1F)C(=O)N1CCC(Cc2ccccc2)CC1. The van der Waals surface area contributed by atoms with Gasteiger partial charge in [0, 0.05) is 25.4 Å². The van der Waals surface area contributed by atoms with Gasteiger partial charge in [-0.1, -0.05) is 30.3 Å². The third-order valence-corrected chi connectivity index (χ3v) is 4.92. The van der Waals surface area contributed by atoms with E-state index in [1.165, 1.54) is 5.56 Å². The molecular weight excluding hydrogens is 360 g/mol. The largest absolute Gasteiger partial charge is 0.358 e. The van der Waals surface area contributed by atoms with Gasteiger partial charge >= 0.3 is 0 Å². The van der Waals surface area contributed by atoms with Crippen molar-refractivity contribution in [2.45, 2.75) is 19.3 Å². The molecule has 6 heteroatoms. The Labute approximate surface area is 163 Å². The van der Waals surface area contributed by atoms with Gasteiger partial charge in [-0.15, -0.1) is 0 Å². The van der Waals surface area contributed by atoms with Gasteiger partial charge in [0.05, 0.1) is 5.69 Å². The highest BCUT2D eigenvalue weighted by molar-refractivity contribution is 5.97. The lowest BCUT2D eigenvalue weighted by Gasteiger charge is -2.32. The van der Waals surface area contributed by atoms with E-state index in [1.54, 1.807) is 4.90 Å². The molecule has 0 aliphatic carbocycles. The minimum absolute atomic E-state index is 0.123. The molecule has 28 heavy (non-hydrogen) atoms. The molecule has 0 radical (unpaired) electrons. The Balaban J connectivity index is 1.58. The van der Waals surface area contributed by atoms with Crippen LogP contribution in [0, 0.1) is 28.9 Å². The van der Waals surface area contributed by atoms with Gasteiger partial charge in [0.2, 0.25) is 0 Å². The quantitative estimate of drug-likeness (QED) is 0.622. The van der Waals surface area contributed by atoms with E-state index >= 15 is 0 Å². The van der Waals surface area contributed by atoms with Gasteiger partial charge in [0.25, 0.3) is 5.91 Å². The Bertz CT molecular complexity index is 898. The van der Waals surface area contributed by atoms with Crippen LogP contribution in [-0.4, -0.2) is 23.9 Å². The highest BCUT2D eigenvalue weighted by Crippen LogP contribution is 2.23. The molecule has 2 aromatic rings. The average Bonchev–Trinajstić information content (AvgIpc) is 2.72. The van der Waals surface area contributed by atoms with Gasteiger partial charge in [0.1, 0.15) is 23.3 Å². The first kappa shape index (κ1) is 19.6. The number of nitriles is 1. The van der Waals surface area contributed by atoms with Crippen molar-refractivity contribution in [2.24, 2.45) is 5.92 Å². The van der Waals surface area contributed by atoms with Crippen LogP contribution in [0.5, 0.6) is 0 Å². The van der Waals surface area contributed by atoms with Crippen molar-refractivity contribution in [3.05, 3.63) is 77.5 Å². The molecule has 0 bridgehead atoms. The van der Waals surface area contributed by atoms with Gasteiger partial charge in [0.15, 0.2) is 0 Å². The lowest BCUT2D eigenvalue weighted by Crippen LogP contribution is -2.39. The molecule has 1 aliphatic rings. The van der Waals surface area contributed by atoms with Crippen molar-refractivity contribution >= 4 is 11.6 Å². The fraction of sp³-hybridized carbons (Fsp3) is 0.273. The van der Waals surface area contributed by atoms with E-state index in [0.717, 1.165) is 43.7 Å². The lowest BCUT2D eigenvalue weighted by molar-refractivity contribution is -0.128. The number of benzene rings is 2. The number of carbonyl (C=O) groups excluding carboxylic acids is 1. The van der Waals surface area contributed by atoms with Crippen molar-refractivity contribution in [3.8, 4) is 6.07 Å². The fourth-order valence-electron chi connectivity index (χ4n) is 3.36. The summed E-state index contributed by atoms with van der Waals surface area (Å²) in [5.41, 5.74) is 1.03. The summed E-state index contributed by atoms with van der Waals surface area (Å²) in [5.74, 6) is -1.17. The number of hydrogen-bond acceptors (Lipinski definition) is 3. The summed E-state index contributed by atoms with van der Waals surface area (Å²) in [5, 5.41) is 11.8. The standard InChI is InChI=1S/C22H21F2N3O/c23-19-6-7-20(24)21(13-19)26-15-18(14-25)22(28)27-10-8-17(9-11-27)12-16-4-2-1-3-5-16/h1-7,13,15,17,26H,8-12H2/b18-15-. The Kier molecular flexibility index (Phi) is 6.38. The lowest BCUT2D eigenvalue weighted by atomic mass is 9.90. The molecule has 1 heterocycles. The first-order valence-electron chi connectivity index (χ1n) is 9.22. The second kappa shape index (κ2) is 9.14. The molecule has 0 atom stereocenters. The number of anilines is 1. The van der Waals surface area contributed by atoms with E-state index in [9.17, 15) is 18.8 Å². The van der Waals surface area contributed by atoms with Crippen LogP contribution in [0.25, 0.3) is 0 Å². The zero-order chi connectivity index (χ0) is 19.9. The molecule has 1 saturated heterocycles. The number of likely N-dealkylation sites (tertiary alicyclic amines) is 1. The average molecular weight is 381 g/mol. The van der Waals surface area contributed by atoms with Crippen LogP contribution in [0.2, 0.25) is 0 Å². The molecule has 0 spiro atoms. The predicted molar refractivity (Wildman–Crippen MR) is 103 cm³/mol. The van der Waals surface area contributed by atoms with E-state index < -0.39 is 17.5 Å². The summed E-state index contributed by atoms with van der Waals surface area (Å²) in [7, 11) is 0. The molecule has 0 aromatic heterocycles. The molecule has 1 amide bonds. The van der Waals surface area contributed by atoms with Gasteiger partial charge in [-0.05, 0) is 42.9 Å². The van der Waals surface area contributed by atoms with Gasteiger partial charge < -0.3 is 10.2 Å². The molecule has 4 nitrogen and oxygen atoms in total. The van der Waals surface area contributed by atoms with E-state index in [0.29, 0.717) is 19.0 Å². The molecular formula is C22H21F2N3O. The summed E-state index contributed by atoms with van der Waals surface area (Å²) in [4.78, 5) is 14.2. The van der Waals surface area contributed by atoms with Crippen LogP contribution in [0.3, 0.4) is 0 Å². The van der Waals surface area contributed by atoms with E-state index in [2.05, 4.69) is 17.4 Å². The van der Waals surface area contributed by atoms with Crippen molar-refractivity contribution in [3.63, 3.8) is 0 Å². The van der Waals surface area contributed by atoms with Gasteiger partial charge in [-0.25, -0.2) is 8.78 Å². The highest BCUT2D eigenvalue weighted by Gasteiger charge is 2.25. The van der Waals surface area contributed by atoms with Crippen molar-refractivity contribution < 1.29 is 13.6 Å². The van der Waals surface area contributed by atoms with Gasteiger partial charge in [-0.3, -0.25) is 4.79 Å². The Morgan fingerprint density at radius 1 is 1.18 bits per heavy atom. The third-order valence-electron chi connectivity index (χ3n) is 4.92. The van der Waals surface area contributed by atoms with Crippen LogP contribution < -0.4 is 5.32 Å². The zero-order valence-corrected chi connectivity index (χ0v) is 15.4. The molecule has 3 rings (SSSR count). The number of hydrogen-bond donors (Lipinski definition) is 1. The minimum atomic E-state index is -0.663. The maximum Gasteiger partial charge on any atom is 0.266 e. The summed E-state index contributed by atoms with van der Waals surface area (Å²) < 4.78 is 26.9. The third kappa shape index (κ3) is 4.95. The van der Waals surface area contributed by atoms with Crippen LogP contribution in [0.1, 0.15) is 18.4 Å². The maximum absolute atomic E-state index is 13.7. The highest BCUT2D eigenvalue weighted by atomic mass is 19.1. The van der Waals surface area contributed by atoms with Crippen molar-refractivity contribution in [1.29, 1.82) is 5.26 Å². The predicted octanol–water partition coefficient (Wildman–Crippen LogP) is 4.27. The summed E-state index contributed by atoms with van der Waals surface area (Å²) >= 11 is 0. The zero-order valence-electron chi connectivity index (χ0n) is 15.4. The molecule has 2 aromatic carbocycles. The Morgan fingerprint density at radius 3 is 2.57 bits per heavy atom. The normalized spacial score (nSPS) is 15.2. The first-order chi connectivity index (χ1) is 13.6. The van der Waals surface area contributed by atoms with E-state index in [4.69, 9.17) is 0 Å². The van der Waals surface area contributed by atoms with E-state index in [1.807, 2.05) is 24.3 Å². The summed E-state index contributed by atoms with van der Waals surface area (Å²) in [6.45, 7) is 1.15. The smallest absolute Gasteiger partial charge is 0.266 e. The van der Waals surface area contributed by atoms with E-state index in [-0.39, 0.29) is 11.3 Å². The maximum atomic E-state index is 13.7. The monoisotopic (exact) mass is 381 g/mol. The number of rotatable bonds is 5. The molecule has 1 N–H and O–H groups in total. The minimum Gasteiger partial charge on any atom is -0.358 e. The second-order valence-electron chi connectivity index (χ2n) is 6.86. The molecule has 0 saturated carbocycles. The van der Waals surface area contributed by atoms with Crippen molar-refractivity contribution in [2.75, 3.05) is 18.4 Å². The van der Waals surface area contributed by atoms with Crippen LogP contribution in [0.4, 0.5) is 14.5 Å². The number of piperidine rings is 1. The van der Waals surface area contributed by atoms with Crippen LogP contribution in [0.15, 0.2) is 60.3 Å². The summed E-state index contributed by atoms with van der Waals surface area (Å²) in [6.07, 6.45) is 3.84. The number of nitrogens with one attached hydrogen (secondary N) is 1. The number of carbonyl (C=O) groups is 1. The van der Waals surface area contributed by atoms with Crippen LogP contribution in [-0.2, 0) is 11.2 Å². The number of amides is 1. The number of halogens is 2. The molecule has 1 fully saturated rings. The molecule has 0 unspecified atom stereocenters. The van der Waals surface area contributed by atoms with Crippen molar-refractivity contribution in [1.82, 2.24) is 4.90 Å². The van der Waals surface area contributed by atoms with Gasteiger partial charge in [-0.2, -0.15) is 5.26 Å². The van der Waals surface area contributed by atoms with Crippen LogP contribution >= 0.6 is 0 Å². The first-order valence-corrected chi connectivity index (χ1v) is 9.22. The topological polar surface area (TPSA) is 56.1 Å². The molecule has 1 aliphatic heterocycles. The Morgan fingerprint density at radius 2 is 1.89 bits per heavy atom. The summed E-state index contributed by atoms with van der Waals surface area (Å²) in [6, 6.07) is 15.0.